The summed E-state index contributed by atoms with van der Waals surface area (Å²) >= 11 is 0. The molecular weight excluding hydrogens is 218 g/mol. The lowest BCUT2D eigenvalue weighted by Gasteiger charge is -2.38. The predicted molar refractivity (Wildman–Crippen MR) is 66.0 cm³/mol. The Morgan fingerprint density at radius 2 is 2.24 bits per heavy atom. The average molecular weight is 243 g/mol. The number of aliphatic hydroxyl groups is 1. The number of hydrogen-bond donors (Lipinski definition) is 1. The molecule has 4 heteroatoms. The van der Waals surface area contributed by atoms with Crippen LogP contribution in [0.25, 0.3) is 0 Å². The average Bonchev–Trinajstić information content (AvgIpc) is 2.75. The van der Waals surface area contributed by atoms with Crippen molar-refractivity contribution in [2.45, 2.75) is 57.5 Å². The van der Waals surface area contributed by atoms with Gasteiger partial charge in [0.2, 0.25) is 0 Å². The molecule has 0 radical (unpaired) electrons. The Kier molecular flexibility index (Phi) is 4.79. The summed E-state index contributed by atoms with van der Waals surface area (Å²) in [6.07, 6.45) is 3.86. The summed E-state index contributed by atoms with van der Waals surface area (Å²) in [6, 6.07) is 0.525. The van der Waals surface area contributed by atoms with Crippen LogP contribution in [0.1, 0.15) is 33.1 Å². The van der Waals surface area contributed by atoms with Gasteiger partial charge in [0.15, 0.2) is 0 Å². The molecule has 0 bridgehead atoms. The third-order valence-electron chi connectivity index (χ3n) is 3.66. The van der Waals surface area contributed by atoms with Gasteiger partial charge in [0.1, 0.15) is 0 Å². The van der Waals surface area contributed by atoms with Crippen LogP contribution in [0.4, 0.5) is 0 Å². The van der Waals surface area contributed by atoms with Crippen LogP contribution in [-0.4, -0.2) is 60.7 Å². The van der Waals surface area contributed by atoms with Gasteiger partial charge in [0.05, 0.1) is 31.5 Å². The second kappa shape index (κ2) is 6.14. The van der Waals surface area contributed by atoms with E-state index in [1.54, 1.807) is 0 Å². The molecule has 1 aliphatic heterocycles. The molecule has 17 heavy (non-hydrogen) atoms. The Labute approximate surface area is 104 Å². The minimum Gasteiger partial charge on any atom is -0.389 e. The highest BCUT2D eigenvalue weighted by atomic mass is 16.5. The van der Waals surface area contributed by atoms with Gasteiger partial charge in [-0.1, -0.05) is 0 Å². The van der Waals surface area contributed by atoms with Crippen LogP contribution in [0, 0.1) is 0 Å². The van der Waals surface area contributed by atoms with E-state index >= 15 is 0 Å². The van der Waals surface area contributed by atoms with E-state index in [1.807, 2.05) is 13.8 Å². The quantitative estimate of drug-likeness (QED) is 0.783. The number of β-amino-alcohol motifs (C(OH)–C–C–N with tert-alkyl or cyclic N) is 1. The molecule has 0 aromatic carbocycles. The highest BCUT2D eigenvalue weighted by Gasteiger charge is 2.36. The number of ether oxygens (including phenoxy) is 2. The monoisotopic (exact) mass is 243 g/mol. The van der Waals surface area contributed by atoms with Crippen molar-refractivity contribution in [3.05, 3.63) is 0 Å². The second-order valence-corrected chi connectivity index (χ2v) is 5.44. The molecule has 3 atom stereocenters. The summed E-state index contributed by atoms with van der Waals surface area (Å²) in [4.78, 5) is 2.38. The molecule has 1 N–H and O–H groups in total. The lowest BCUT2D eigenvalue weighted by molar-refractivity contribution is -0.0782. The molecule has 1 heterocycles. The maximum absolute atomic E-state index is 9.96. The zero-order chi connectivity index (χ0) is 12.3. The van der Waals surface area contributed by atoms with Crippen molar-refractivity contribution in [1.29, 1.82) is 0 Å². The standard InChI is InChI=1S/C13H25NO3/c1-10(2)17-9-11(15)8-14-6-7-16-13-5-3-4-12(13)14/h10-13,15H,3-9H2,1-2H3. The van der Waals surface area contributed by atoms with Crippen LogP contribution in [0.5, 0.6) is 0 Å². The van der Waals surface area contributed by atoms with Crippen LogP contribution >= 0.6 is 0 Å². The highest BCUT2D eigenvalue weighted by Crippen LogP contribution is 2.29. The number of aliphatic hydroxyl groups excluding tert-OH is 1. The number of morpholine rings is 1. The molecule has 4 nitrogen and oxygen atoms in total. The molecule has 3 unspecified atom stereocenters. The van der Waals surface area contributed by atoms with E-state index in [9.17, 15) is 5.11 Å². The van der Waals surface area contributed by atoms with Crippen molar-refractivity contribution in [2.75, 3.05) is 26.3 Å². The van der Waals surface area contributed by atoms with Gasteiger partial charge in [-0.15, -0.1) is 0 Å². The molecular formula is C13H25NO3. The first kappa shape index (κ1) is 13.3. The van der Waals surface area contributed by atoms with E-state index in [4.69, 9.17) is 9.47 Å². The summed E-state index contributed by atoms with van der Waals surface area (Å²) in [5.41, 5.74) is 0. The van der Waals surface area contributed by atoms with E-state index < -0.39 is 0 Å². The topological polar surface area (TPSA) is 41.9 Å². The summed E-state index contributed by atoms with van der Waals surface area (Å²) < 4.78 is 11.2. The molecule has 100 valence electrons. The van der Waals surface area contributed by atoms with Crippen molar-refractivity contribution in [3.8, 4) is 0 Å². The Morgan fingerprint density at radius 1 is 1.41 bits per heavy atom. The van der Waals surface area contributed by atoms with E-state index in [0.717, 1.165) is 19.7 Å². The summed E-state index contributed by atoms with van der Waals surface area (Å²) in [6.45, 7) is 6.89. The Hall–Kier alpha value is -0.160. The number of fused-ring (bicyclic) bond motifs is 1. The molecule has 1 saturated heterocycles. The van der Waals surface area contributed by atoms with Gasteiger partial charge in [0.25, 0.3) is 0 Å². The van der Waals surface area contributed by atoms with E-state index in [0.29, 0.717) is 18.8 Å². The minimum atomic E-state index is -0.378. The van der Waals surface area contributed by atoms with Gasteiger partial charge >= 0.3 is 0 Å². The van der Waals surface area contributed by atoms with Gasteiger partial charge in [-0.25, -0.2) is 0 Å². The van der Waals surface area contributed by atoms with Crippen LogP contribution in [-0.2, 0) is 9.47 Å². The van der Waals surface area contributed by atoms with Crippen molar-refractivity contribution in [2.24, 2.45) is 0 Å². The third kappa shape index (κ3) is 3.65. The van der Waals surface area contributed by atoms with Crippen molar-refractivity contribution in [3.63, 3.8) is 0 Å². The second-order valence-electron chi connectivity index (χ2n) is 5.44. The molecule has 2 fully saturated rings. The Bertz CT molecular complexity index is 235. The zero-order valence-corrected chi connectivity index (χ0v) is 11.0. The third-order valence-corrected chi connectivity index (χ3v) is 3.66. The lowest BCUT2D eigenvalue weighted by atomic mass is 10.1. The van der Waals surface area contributed by atoms with Gasteiger partial charge in [-0.05, 0) is 33.1 Å². The Balaban J connectivity index is 1.77. The summed E-state index contributed by atoms with van der Waals surface area (Å²) in [5.74, 6) is 0. The maximum atomic E-state index is 9.96. The molecule has 0 amide bonds. The number of rotatable bonds is 5. The maximum Gasteiger partial charge on any atom is 0.0900 e. The molecule has 0 spiro atoms. The van der Waals surface area contributed by atoms with Crippen molar-refractivity contribution in [1.82, 2.24) is 4.90 Å². The van der Waals surface area contributed by atoms with Crippen molar-refractivity contribution < 1.29 is 14.6 Å². The van der Waals surface area contributed by atoms with Gasteiger partial charge < -0.3 is 14.6 Å². The first-order valence-corrected chi connectivity index (χ1v) is 6.82. The smallest absolute Gasteiger partial charge is 0.0900 e. The van der Waals surface area contributed by atoms with E-state index in [1.165, 1.54) is 19.3 Å². The number of hydrogen-bond acceptors (Lipinski definition) is 4. The SMILES string of the molecule is CC(C)OCC(O)CN1CCOC2CCCC21. The first-order valence-electron chi connectivity index (χ1n) is 6.82. The van der Waals surface area contributed by atoms with E-state index in [-0.39, 0.29) is 12.2 Å². The first-order chi connectivity index (χ1) is 8.16. The van der Waals surface area contributed by atoms with Crippen LogP contribution in [0.3, 0.4) is 0 Å². The molecule has 0 aromatic heterocycles. The fourth-order valence-electron chi connectivity index (χ4n) is 2.86. The minimum absolute atomic E-state index is 0.188. The largest absolute Gasteiger partial charge is 0.389 e. The summed E-state index contributed by atoms with van der Waals surface area (Å²) in [7, 11) is 0. The highest BCUT2D eigenvalue weighted by molar-refractivity contribution is 4.90. The molecule has 2 rings (SSSR count). The summed E-state index contributed by atoms with van der Waals surface area (Å²) in [5, 5.41) is 9.96. The fourth-order valence-corrected chi connectivity index (χ4v) is 2.86. The van der Waals surface area contributed by atoms with E-state index in [2.05, 4.69) is 4.90 Å². The van der Waals surface area contributed by atoms with Crippen molar-refractivity contribution >= 4 is 0 Å². The molecule has 1 aliphatic carbocycles. The molecule has 2 aliphatic rings. The van der Waals surface area contributed by atoms with Crippen LogP contribution < -0.4 is 0 Å². The fraction of sp³-hybridized carbons (Fsp3) is 1.00. The number of nitrogens with zero attached hydrogens (tertiary/aromatic N) is 1. The van der Waals surface area contributed by atoms with Crippen LogP contribution in [0.2, 0.25) is 0 Å². The zero-order valence-electron chi connectivity index (χ0n) is 11.0. The van der Waals surface area contributed by atoms with Crippen LogP contribution in [0.15, 0.2) is 0 Å². The van der Waals surface area contributed by atoms with Gasteiger partial charge in [-0.2, -0.15) is 0 Å². The molecule has 1 saturated carbocycles. The lowest BCUT2D eigenvalue weighted by Crippen LogP contribution is -2.51. The Morgan fingerprint density at radius 3 is 3.00 bits per heavy atom. The van der Waals surface area contributed by atoms with Gasteiger partial charge in [0, 0.05) is 19.1 Å². The predicted octanol–water partition coefficient (Wildman–Crippen LogP) is 1.03. The van der Waals surface area contributed by atoms with Gasteiger partial charge in [-0.3, -0.25) is 4.90 Å². The normalized spacial score (nSPS) is 31.8. The molecule has 0 aromatic rings.